The van der Waals surface area contributed by atoms with Gasteiger partial charge in [-0.05, 0) is 31.4 Å². The Morgan fingerprint density at radius 1 is 1.43 bits per heavy atom. The van der Waals surface area contributed by atoms with Crippen LogP contribution in [-0.4, -0.2) is 41.4 Å². The fourth-order valence-corrected chi connectivity index (χ4v) is 3.50. The van der Waals surface area contributed by atoms with E-state index >= 15 is 0 Å². The number of fused-ring (bicyclic) bond motifs is 1. The zero-order chi connectivity index (χ0) is 15.0. The Morgan fingerprint density at radius 3 is 2.95 bits per heavy atom. The summed E-state index contributed by atoms with van der Waals surface area (Å²) in [6.07, 6.45) is 2.20. The van der Waals surface area contributed by atoms with Crippen molar-refractivity contribution in [3.05, 3.63) is 38.9 Å². The molecule has 21 heavy (non-hydrogen) atoms. The summed E-state index contributed by atoms with van der Waals surface area (Å²) in [4.78, 5) is 24.9. The van der Waals surface area contributed by atoms with Gasteiger partial charge in [-0.2, -0.15) is 0 Å². The first-order chi connectivity index (χ1) is 10.1. The number of carbonyl (C=O) groups is 1. The smallest absolute Gasteiger partial charge is 0.283 e. The molecule has 3 rings (SSSR count). The first-order valence-electron chi connectivity index (χ1n) is 7.03. The zero-order valence-corrected chi connectivity index (χ0v) is 12.2. The van der Waals surface area contributed by atoms with Crippen molar-refractivity contribution in [1.29, 1.82) is 0 Å². The minimum absolute atomic E-state index is 0.00261. The minimum atomic E-state index is -0.555. The van der Waals surface area contributed by atoms with Gasteiger partial charge in [0, 0.05) is 25.2 Å². The Bertz CT molecular complexity index is 579. The van der Waals surface area contributed by atoms with Crippen LogP contribution < -0.4 is 5.32 Å². The van der Waals surface area contributed by atoms with Crippen LogP contribution in [0.5, 0.6) is 0 Å². The van der Waals surface area contributed by atoms with Crippen molar-refractivity contribution in [2.24, 2.45) is 5.92 Å². The van der Waals surface area contributed by atoms with Gasteiger partial charge in [-0.25, -0.2) is 0 Å². The van der Waals surface area contributed by atoms with Crippen molar-refractivity contribution in [3.8, 4) is 0 Å². The lowest BCUT2D eigenvalue weighted by atomic mass is 9.94. The molecule has 1 amide bonds. The molecule has 2 aliphatic heterocycles. The van der Waals surface area contributed by atoms with E-state index in [0.717, 1.165) is 19.4 Å². The lowest BCUT2D eigenvalue weighted by molar-refractivity contribution is -0.385. The van der Waals surface area contributed by atoms with Crippen LogP contribution in [0.4, 0.5) is 5.69 Å². The summed E-state index contributed by atoms with van der Waals surface area (Å²) in [6.45, 7) is 2.19. The van der Waals surface area contributed by atoms with Crippen LogP contribution >= 0.6 is 11.6 Å². The van der Waals surface area contributed by atoms with Crippen LogP contribution in [-0.2, 0) is 0 Å². The molecule has 1 N–H and O–H groups in total. The van der Waals surface area contributed by atoms with Gasteiger partial charge in [0.05, 0.1) is 9.95 Å². The second-order valence-corrected chi connectivity index (χ2v) is 5.97. The van der Waals surface area contributed by atoms with Gasteiger partial charge < -0.3 is 10.2 Å². The quantitative estimate of drug-likeness (QED) is 0.670. The van der Waals surface area contributed by atoms with E-state index in [1.807, 2.05) is 0 Å². The molecule has 0 spiro atoms. The lowest BCUT2D eigenvalue weighted by Gasteiger charge is -2.24. The van der Waals surface area contributed by atoms with E-state index in [1.54, 1.807) is 4.90 Å². The molecular formula is C14H16ClN3O3. The van der Waals surface area contributed by atoms with Crippen molar-refractivity contribution in [3.63, 3.8) is 0 Å². The molecule has 112 valence electrons. The number of hydrogen-bond donors (Lipinski definition) is 1. The third kappa shape index (κ3) is 2.61. The second-order valence-electron chi connectivity index (χ2n) is 5.56. The average molecular weight is 310 g/mol. The number of nitro groups is 1. The van der Waals surface area contributed by atoms with E-state index in [-0.39, 0.29) is 22.2 Å². The molecule has 0 unspecified atom stereocenters. The first kappa shape index (κ1) is 14.3. The molecule has 0 saturated carbocycles. The van der Waals surface area contributed by atoms with Crippen LogP contribution in [0.1, 0.15) is 23.2 Å². The molecule has 0 bridgehead atoms. The van der Waals surface area contributed by atoms with Crippen LogP contribution in [0, 0.1) is 16.0 Å². The monoisotopic (exact) mass is 309 g/mol. The summed E-state index contributed by atoms with van der Waals surface area (Å²) in [7, 11) is 0. The molecule has 7 heteroatoms. The minimum Gasteiger partial charge on any atom is -0.336 e. The highest BCUT2D eigenvalue weighted by atomic mass is 35.5. The van der Waals surface area contributed by atoms with E-state index in [9.17, 15) is 14.9 Å². The predicted octanol–water partition coefficient (Wildman–Crippen LogP) is 2.07. The van der Waals surface area contributed by atoms with E-state index in [4.69, 9.17) is 11.6 Å². The van der Waals surface area contributed by atoms with Crippen LogP contribution in [0.3, 0.4) is 0 Å². The third-order valence-corrected chi connectivity index (χ3v) is 4.60. The molecule has 1 aromatic rings. The Kier molecular flexibility index (Phi) is 3.82. The fraction of sp³-hybridized carbons (Fsp3) is 0.500. The van der Waals surface area contributed by atoms with Gasteiger partial charge in [0.15, 0.2) is 0 Å². The van der Waals surface area contributed by atoms with Crippen molar-refractivity contribution in [2.75, 3.05) is 19.6 Å². The Hall–Kier alpha value is -1.66. The van der Waals surface area contributed by atoms with Crippen LogP contribution in [0.2, 0.25) is 5.02 Å². The molecule has 0 aromatic heterocycles. The van der Waals surface area contributed by atoms with Gasteiger partial charge in [-0.3, -0.25) is 14.9 Å². The van der Waals surface area contributed by atoms with E-state index in [0.29, 0.717) is 25.0 Å². The maximum absolute atomic E-state index is 12.6. The van der Waals surface area contributed by atoms with Gasteiger partial charge in [0.1, 0.15) is 5.56 Å². The van der Waals surface area contributed by atoms with Crippen LogP contribution in [0.15, 0.2) is 18.2 Å². The summed E-state index contributed by atoms with van der Waals surface area (Å²) in [5.74, 6) is 0.0905. The number of rotatable bonds is 2. The average Bonchev–Trinajstić information content (AvgIpc) is 2.90. The molecule has 2 saturated heterocycles. The number of carbonyl (C=O) groups excluding carboxylic acids is 1. The zero-order valence-electron chi connectivity index (χ0n) is 11.4. The number of nitro benzene ring substituents is 1. The number of amides is 1. The predicted molar refractivity (Wildman–Crippen MR) is 78.5 cm³/mol. The van der Waals surface area contributed by atoms with E-state index in [1.165, 1.54) is 18.2 Å². The van der Waals surface area contributed by atoms with Crippen molar-refractivity contribution in [2.45, 2.75) is 18.9 Å². The van der Waals surface area contributed by atoms with Gasteiger partial charge in [0.25, 0.3) is 11.6 Å². The topological polar surface area (TPSA) is 75.5 Å². The number of halogens is 1. The highest BCUT2D eigenvalue weighted by Crippen LogP contribution is 2.31. The Balaban J connectivity index is 1.88. The van der Waals surface area contributed by atoms with Gasteiger partial charge in [-0.15, -0.1) is 0 Å². The van der Waals surface area contributed by atoms with Crippen molar-refractivity contribution in [1.82, 2.24) is 10.2 Å². The summed E-state index contributed by atoms with van der Waals surface area (Å²) < 4.78 is 0. The highest BCUT2D eigenvalue weighted by Gasteiger charge is 2.38. The summed E-state index contributed by atoms with van der Waals surface area (Å²) in [6, 6.07) is 4.62. The maximum atomic E-state index is 12.6. The molecule has 1 aromatic carbocycles. The molecule has 2 atom stereocenters. The standard InChI is InChI=1S/C14H16ClN3O3/c15-10-4-1-5-12(18(20)21)13(10)14(19)17-7-9-3-2-6-16-11(9)8-17/h1,4-5,9,11,16H,2-3,6-8H2/t9-,11+/m0/s1. The van der Waals surface area contributed by atoms with Gasteiger partial charge >= 0.3 is 0 Å². The number of nitrogens with zero attached hydrogens (tertiary/aromatic N) is 2. The number of benzene rings is 1. The van der Waals surface area contributed by atoms with E-state index < -0.39 is 4.92 Å². The second kappa shape index (κ2) is 5.61. The number of nitrogens with one attached hydrogen (secondary N) is 1. The van der Waals surface area contributed by atoms with E-state index in [2.05, 4.69) is 5.32 Å². The summed E-state index contributed by atoms with van der Waals surface area (Å²) >= 11 is 6.03. The normalized spacial score (nSPS) is 24.7. The van der Waals surface area contributed by atoms with Gasteiger partial charge in [-0.1, -0.05) is 17.7 Å². The van der Waals surface area contributed by atoms with Crippen LogP contribution in [0.25, 0.3) is 0 Å². The number of likely N-dealkylation sites (tertiary alicyclic amines) is 1. The molecule has 2 heterocycles. The molecule has 0 aliphatic carbocycles. The fourth-order valence-electron chi connectivity index (χ4n) is 3.25. The van der Waals surface area contributed by atoms with Crippen molar-refractivity contribution < 1.29 is 9.72 Å². The molecule has 6 nitrogen and oxygen atoms in total. The largest absolute Gasteiger partial charge is 0.336 e. The molecule has 0 radical (unpaired) electrons. The Morgan fingerprint density at radius 2 is 2.24 bits per heavy atom. The lowest BCUT2D eigenvalue weighted by Crippen LogP contribution is -2.41. The maximum Gasteiger partial charge on any atom is 0.283 e. The number of piperidine rings is 1. The highest BCUT2D eigenvalue weighted by molar-refractivity contribution is 6.34. The first-order valence-corrected chi connectivity index (χ1v) is 7.41. The van der Waals surface area contributed by atoms with Crippen molar-refractivity contribution >= 4 is 23.2 Å². The third-order valence-electron chi connectivity index (χ3n) is 4.29. The Labute approximate surface area is 127 Å². The molecular weight excluding hydrogens is 294 g/mol. The molecule has 2 fully saturated rings. The summed E-state index contributed by atoms with van der Waals surface area (Å²) in [5.41, 5.74) is -0.224. The SMILES string of the molecule is O=C(c1c(Cl)cccc1[N+](=O)[O-])N1C[C@@H]2CCCN[C@@H]2C1. The summed E-state index contributed by atoms with van der Waals surface area (Å²) in [5, 5.41) is 14.7. The molecule has 2 aliphatic rings. The van der Waals surface area contributed by atoms with Gasteiger partial charge in [0.2, 0.25) is 0 Å². The number of hydrogen-bond acceptors (Lipinski definition) is 4.